The Balaban J connectivity index is 1.75. The van der Waals surface area contributed by atoms with Crippen molar-refractivity contribution in [3.63, 3.8) is 0 Å². The van der Waals surface area contributed by atoms with Gasteiger partial charge >= 0.3 is 0 Å². The van der Waals surface area contributed by atoms with Gasteiger partial charge in [0.1, 0.15) is 5.78 Å². The highest BCUT2D eigenvalue weighted by atomic mass is 16.1. The Kier molecular flexibility index (Phi) is 3.33. The predicted molar refractivity (Wildman–Crippen MR) is 91.2 cm³/mol. The van der Waals surface area contributed by atoms with E-state index < -0.39 is 0 Å². The minimum absolute atomic E-state index is 0.0309. The topological polar surface area (TPSA) is 51.2 Å². The number of ketones is 3. The van der Waals surface area contributed by atoms with E-state index in [9.17, 15) is 14.4 Å². The summed E-state index contributed by atoms with van der Waals surface area (Å²) >= 11 is 0. The third-order valence-electron chi connectivity index (χ3n) is 7.62. The van der Waals surface area contributed by atoms with Gasteiger partial charge in [-0.05, 0) is 61.5 Å². The number of rotatable bonds is 1. The Morgan fingerprint density at radius 3 is 2.62 bits per heavy atom. The van der Waals surface area contributed by atoms with Crippen LogP contribution in [-0.2, 0) is 14.4 Å². The van der Waals surface area contributed by atoms with Crippen molar-refractivity contribution in [2.75, 3.05) is 0 Å². The molecule has 0 aromatic heterocycles. The van der Waals surface area contributed by atoms with E-state index in [1.54, 1.807) is 6.92 Å². The first-order valence-electron chi connectivity index (χ1n) is 9.25. The zero-order valence-electron chi connectivity index (χ0n) is 14.9. The molecule has 0 aromatic carbocycles. The Hall–Kier alpha value is -1.51. The first-order chi connectivity index (χ1) is 11.3. The fraction of sp³-hybridized carbons (Fsp3) is 0.667. The van der Waals surface area contributed by atoms with E-state index in [1.807, 2.05) is 6.08 Å². The van der Waals surface area contributed by atoms with E-state index in [0.717, 1.165) is 31.3 Å². The summed E-state index contributed by atoms with van der Waals surface area (Å²) in [6.45, 7) is 5.97. The van der Waals surface area contributed by atoms with Crippen molar-refractivity contribution in [3.05, 3.63) is 23.3 Å². The lowest BCUT2D eigenvalue weighted by Crippen LogP contribution is -2.54. The third-order valence-corrected chi connectivity index (χ3v) is 7.62. The molecule has 24 heavy (non-hydrogen) atoms. The summed E-state index contributed by atoms with van der Waals surface area (Å²) in [5.74, 6) is 1.43. The highest BCUT2D eigenvalue weighted by Crippen LogP contribution is 2.64. The van der Waals surface area contributed by atoms with Crippen molar-refractivity contribution in [2.24, 2.45) is 28.6 Å². The third kappa shape index (κ3) is 1.93. The molecule has 2 fully saturated rings. The van der Waals surface area contributed by atoms with Crippen LogP contribution in [0, 0.1) is 28.6 Å². The van der Waals surface area contributed by atoms with Gasteiger partial charge in [0.2, 0.25) is 0 Å². The molecule has 0 aromatic rings. The average molecular weight is 326 g/mol. The van der Waals surface area contributed by atoms with Gasteiger partial charge in [0.15, 0.2) is 11.6 Å². The van der Waals surface area contributed by atoms with E-state index in [4.69, 9.17) is 0 Å². The molecule has 0 radical (unpaired) electrons. The summed E-state index contributed by atoms with van der Waals surface area (Å²) in [7, 11) is 0. The van der Waals surface area contributed by atoms with Gasteiger partial charge in [-0.15, -0.1) is 0 Å². The number of carbonyl (C=O) groups is 3. The van der Waals surface area contributed by atoms with Crippen LogP contribution in [0.2, 0.25) is 0 Å². The van der Waals surface area contributed by atoms with E-state index >= 15 is 0 Å². The van der Waals surface area contributed by atoms with Crippen LogP contribution in [0.4, 0.5) is 0 Å². The second-order valence-electron chi connectivity index (χ2n) is 8.81. The maximum Gasteiger partial charge on any atom is 0.156 e. The van der Waals surface area contributed by atoms with Gasteiger partial charge in [-0.2, -0.15) is 0 Å². The summed E-state index contributed by atoms with van der Waals surface area (Å²) in [6.07, 6.45) is 8.61. The largest absolute Gasteiger partial charge is 0.299 e. The Morgan fingerprint density at radius 1 is 1.17 bits per heavy atom. The maximum atomic E-state index is 13.2. The SMILES string of the molecule is CC(=O)C1=CCC2C3CCC4=CC(=O)CC[C@]4(C)C3C(=O)C[C@]12C. The number of hydrogen-bond acceptors (Lipinski definition) is 3. The molecule has 0 bridgehead atoms. The molecule has 128 valence electrons. The first-order valence-corrected chi connectivity index (χ1v) is 9.25. The lowest BCUT2D eigenvalue weighted by molar-refractivity contribution is -0.143. The van der Waals surface area contributed by atoms with Gasteiger partial charge < -0.3 is 0 Å². The van der Waals surface area contributed by atoms with Crippen molar-refractivity contribution >= 4 is 17.3 Å². The quantitative estimate of drug-likeness (QED) is 0.736. The Morgan fingerprint density at radius 2 is 1.92 bits per heavy atom. The number of allylic oxidation sites excluding steroid dienone is 4. The van der Waals surface area contributed by atoms with E-state index in [2.05, 4.69) is 19.9 Å². The van der Waals surface area contributed by atoms with E-state index in [0.29, 0.717) is 30.5 Å². The number of Topliss-reactive ketones (excluding diaryl/α,β-unsaturated/α-hetero) is 2. The Labute approximate surface area is 143 Å². The molecule has 0 heterocycles. The van der Waals surface area contributed by atoms with E-state index in [-0.39, 0.29) is 28.3 Å². The second-order valence-corrected chi connectivity index (χ2v) is 8.81. The van der Waals surface area contributed by atoms with Gasteiger partial charge in [-0.1, -0.05) is 25.5 Å². The smallest absolute Gasteiger partial charge is 0.156 e. The van der Waals surface area contributed by atoms with Crippen LogP contribution in [0.1, 0.15) is 59.3 Å². The highest BCUT2D eigenvalue weighted by molar-refractivity contribution is 5.98. The van der Waals surface area contributed by atoms with Crippen LogP contribution in [0.3, 0.4) is 0 Å². The monoisotopic (exact) mass is 326 g/mol. The van der Waals surface area contributed by atoms with Crippen molar-refractivity contribution in [2.45, 2.75) is 59.3 Å². The lowest BCUT2D eigenvalue weighted by atomic mass is 9.46. The van der Waals surface area contributed by atoms with Crippen LogP contribution >= 0.6 is 0 Å². The lowest BCUT2D eigenvalue weighted by Gasteiger charge is -2.56. The van der Waals surface area contributed by atoms with Crippen LogP contribution in [0.25, 0.3) is 0 Å². The maximum absolute atomic E-state index is 13.2. The molecular weight excluding hydrogens is 300 g/mol. The molecule has 3 heteroatoms. The van der Waals surface area contributed by atoms with Gasteiger partial charge in [0.25, 0.3) is 0 Å². The molecule has 0 spiro atoms. The molecular formula is C21H26O3. The zero-order valence-corrected chi connectivity index (χ0v) is 14.9. The molecule has 3 nitrogen and oxygen atoms in total. The average Bonchev–Trinajstić information content (AvgIpc) is 2.84. The predicted octanol–water partition coefficient (Wildman–Crippen LogP) is 3.82. The molecule has 5 atom stereocenters. The van der Waals surface area contributed by atoms with Crippen molar-refractivity contribution in [1.29, 1.82) is 0 Å². The summed E-state index contributed by atoms with van der Waals surface area (Å²) in [5.41, 5.74) is 1.67. The minimum Gasteiger partial charge on any atom is -0.299 e. The minimum atomic E-state index is -0.272. The molecule has 2 saturated carbocycles. The van der Waals surface area contributed by atoms with Gasteiger partial charge in [0.05, 0.1) is 0 Å². The fourth-order valence-corrected chi connectivity index (χ4v) is 6.51. The molecule has 0 aliphatic heterocycles. The molecule has 4 aliphatic rings. The van der Waals surface area contributed by atoms with Crippen LogP contribution in [-0.4, -0.2) is 17.3 Å². The van der Waals surface area contributed by atoms with Crippen molar-refractivity contribution < 1.29 is 14.4 Å². The van der Waals surface area contributed by atoms with Crippen LogP contribution in [0.15, 0.2) is 23.3 Å². The summed E-state index contributed by atoms with van der Waals surface area (Å²) < 4.78 is 0. The highest BCUT2D eigenvalue weighted by Gasteiger charge is 2.60. The molecule has 0 N–H and O–H groups in total. The van der Waals surface area contributed by atoms with Gasteiger partial charge in [0, 0.05) is 24.2 Å². The Bertz CT molecular complexity index is 713. The number of fused-ring (bicyclic) bond motifs is 5. The standard InChI is InChI=1S/C21H26O3/c1-12(22)16-6-7-17-15-5-4-13-10-14(23)8-9-20(13,2)19(15)18(24)11-21(16,17)3/h6,10,15,17,19H,4-5,7-9,11H2,1-3H3/t15?,17?,19?,20-,21+/m0/s1. The molecule has 0 amide bonds. The van der Waals surface area contributed by atoms with E-state index in [1.165, 1.54) is 5.57 Å². The summed E-state index contributed by atoms with van der Waals surface area (Å²) in [6, 6.07) is 0. The molecule has 4 rings (SSSR count). The fourth-order valence-electron chi connectivity index (χ4n) is 6.51. The molecule has 4 aliphatic carbocycles. The van der Waals surface area contributed by atoms with Crippen molar-refractivity contribution in [1.82, 2.24) is 0 Å². The first kappa shape index (κ1) is 16.0. The van der Waals surface area contributed by atoms with Gasteiger partial charge in [-0.3, -0.25) is 14.4 Å². The summed E-state index contributed by atoms with van der Waals surface area (Å²) in [4.78, 5) is 37.2. The summed E-state index contributed by atoms with van der Waals surface area (Å²) in [5, 5.41) is 0. The normalized spacial score (nSPS) is 44.2. The number of carbonyl (C=O) groups excluding carboxylic acids is 3. The second kappa shape index (κ2) is 5.00. The van der Waals surface area contributed by atoms with Gasteiger partial charge in [-0.25, -0.2) is 0 Å². The molecule has 0 saturated heterocycles. The number of hydrogen-bond donors (Lipinski definition) is 0. The molecule has 3 unspecified atom stereocenters. The van der Waals surface area contributed by atoms with Crippen LogP contribution < -0.4 is 0 Å². The van der Waals surface area contributed by atoms with Crippen LogP contribution in [0.5, 0.6) is 0 Å². The zero-order chi connectivity index (χ0) is 17.3. The van der Waals surface area contributed by atoms with Crippen molar-refractivity contribution in [3.8, 4) is 0 Å².